The molecule has 0 radical (unpaired) electrons. The van der Waals surface area contributed by atoms with Gasteiger partial charge in [-0.25, -0.2) is 8.78 Å². The molecule has 1 fully saturated rings. The van der Waals surface area contributed by atoms with Crippen molar-refractivity contribution in [2.45, 2.75) is 39.2 Å². The molecule has 0 aliphatic heterocycles. The van der Waals surface area contributed by atoms with Crippen LogP contribution in [0.1, 0.15) is 43.4 Å². The molecule has 0 heterocycles. The van der Waals surface area contributed by atoms with Gasteiger partial charge in [0.05, 0.1) is 0 Å². The van der Waals surface area contributed by atoms with Crippen LogP contribution in [0.15, 0.2) is 12.1 Å². The zero-order valence-electron chi connectivity index (χ0n) is 11.3. The van der Waals surface area contributed by atoms with E-state index in [2.05, 4.69) is 12.2 Å². The first-order valence-electron chi connectivity index (χ1n) is 6.68. The number of aryl methyl sites for hydroxylation is 1. The first-order valence-corrected chi connectivity index (χ1v) is 6.68. The van der Waals surface area contributed by atoms with Crippen LogP contribution in [0.5, 0.6) is 0 Å². The molecule has 100 valence electrons. The average Bonchev–Trinajstić information content (AvgIpc) is 2.77. The zero-order valence-corrected chi connectivity index (χ0v) is 11.3. The number of rotatable bonds is 3. The van der Waals surface area contributed by atoms with Gasteiger partial charge in [-0.1, -0.05) is 31.9 Å². The first-order chi connectivity index (χ1) is 8.56. The number of hydrogen-bond acceptors (Lipinski definition) is 1. The minimum atomic E-state index is -0.710. The molecular weight excluding hydrogens is 232 g/mol. The Bertz CT molecular complexity index is 431. The monoisotopic (exact) mass is 253 g/mol. The van der Waals surface area contributed by atoms with Gasteiger partial charge in [-0.2, -0.15) is 0 Å². The highest BCUT2D eigenvalue weighted by molar-refractivity contribution is 5.28. The highest BCUT2D eigenvalue weighted by atomic mass is 19.2. The van der Waals surface area contributed by atoms with Crippen molar-refractivity contribution in [3.05, 3.63) is 34.9 Å². The smallest absolute Gasteiger partial charge is 0.163 e. The number of halogens is 2. The van der Waals surface area contributed by atoms with Crippen molar-refractivity contribution < 1.29 is 8.78 Å². The lowest BCUT2D eigenvalue weighted by Gasteiger charge is -2.27. The van der Waals surface area contributed by atoms with Crippen LogP contribution in [0.2, 0.25) is 0 Å². The van der Waals surface area contributed by atoms with Gasteiger partial charge in [0.15, 0.2) is 11.6 Å². The molecular formula is C15H21F2N. The Labute approximate surface area is 108 Å². The SMILES string of the molecule is CNC(c1ccc(C)c(F)c1F)C1CCCC1C. The Morgan fingerprint density at radius 3 is 2.50 bits per heavy atom. The molecule has 18 heavy (non-hydrogen) atoms. The van der Waals surface area contributed by atoms with Crippen molar-refractivity contribution in [1.29, 1.82) is 0 Å². The van der Waals surface area contributed by atoms with Gasteiger partial charge in [0, 0.05) is 11.6 Å². The van der Waals surface area contributed by atoms with E-state index in [0.29, 0.717) is 23.0 Å². The summed E-state index contributed by atoms with van der Waals surface area (Å²) < 4.78 is 27.7. The Balaban J connectivity index is 2.36. The van der Waals surface area contributed by atoms with Gasteiger partial charge < -0.3 is 5.32 Å². The van der Waals surface area contributed by atoms with Crippen LogP contribution in [0.25, 0.3) is 0 Å². The lowest BCUT2D eigenvalue weighted by atomic mass is 9.85. The second kappa shape index (κ2) is 5.35. The third kappa shape index (κ3) is 2.28. The van der Waals surface area contributed by atoms with E-state index in [-0.39, 0.29) is 6.04 Å². The molecule has 3 heteroatoms. The minimum absolute atomic E-state index is 0.0856. The van der Waals surface area contributed by atoms with E-state index in [1.54, 1.807) is 19.1 Å². The molecule has 0 aromatic heterocycles. The van der Waals surface area contributed by atoms with Gasteiger partial charge in [0.1, 0.15) is 0 Å². The van der Waals surface area contributed by atoms with Crippen LogP contribution in [-0.2, 0) is 0 Å². The molecule has 0 spiro atoms. The summed E-state index contributed by atoms with van der Waals surface area (Å²) in [7, 11) is 1.83. The van der Waals surface area contributed by atoms with E-state index < -0.39 is 11.6 Å². The van der Waals surface area contributed by atoms with Crippen molar-refractivity contribution >= 4 is 0 Å². The highest BCUT2D eigenvalue weighted by Gasteiger charge is 2.33. The molecule has 1 nitrogen and oxygen atoms in total. The standard InChI is InChI=1S/C15H21F2N/c1-9-5-4-6-11(9)15(18-3)12-8-7-10(2)13(16)14(12)17/h7-9,11,15,18H,4-6H2,1-3H3. The summed E-state index contributed by atoms with van der Waals surface area (Å²) in [5.74, 6) is -0.440. The van der Waals surface area contributed by atoms with Gasteiger partial charge >= 0.3 is 0 Å². The molecule has 3 atom stereocenters. The fourth-order valence-electron chi connectivity index (χ4n) is 3.17. The molecule has 1 aliphatic carbocycles. The largest absolute Gasteiger partial charge is 0.313 e. The topological polar surface area (TPSA) is 12.0 Å². The quantitative estimate of drug-likeness (QED) is 0.859. The summed E-state index contributed by atoms with van der Waals surface area (Å²) in [5, 5.41) is 3.17. The normalized spacial score (nSPS) is 25.4. The second-order valence-electron chi connectivity index (χ2n) is 5.44. The predicted molar refractivity (Wildman–Crippen MR) is 69.4 cm³/mol. The Morgan fingerprint density at radius 2 is 1.94 bits per heavy atom. The summed E-state index contributed by atoms with van der Waals surface area (Å²) in [6.07, 6.45) is 3.44. The van der Waals surface area contributed by atoms with E-state index in [4.69, 9.17) is 0 Å². The van der Waals surface area contributed by atoms with E-state index >= 15 is 0 Å². The van der Waals surface area contributed by atoms with Crippen LogP contribution >= 0.6 is 0 Å². The molecule has 2 rings (SSSR count). The summed E-state index contributed by atoms with van der Waals surface area (Å²) in [4.78, 5) is 0. The summed E-state index contributed by atoms with van der Waals surface area (Å²) >= 11 is 0. The zero-order chi connectivity index (χ0) is 13.3. The maximum Gasteiger partial charge on any atom is 0.163 e. The Morgan fingerprint density at radius 1 is 1.22 bits per heavy atom. The van der Waals surface area contributed by atoms with Crippen LogP contribution in [0.4, 0.5) is 8.78 Å². The van der Waals surface area contributed by atoms with Gasteiger partial charge in [0.2, 0.25) is 0 Å². The van der Waals surface area contributed by atoms with Crippen LogP contribution in [0, 0.1) is 30.4 Å². The summed E-state index contributed by atoms with van der Waals surface area (Å²) in [6.45, 7) is 3.79. The van der Waals surface area contributed by atoms with Gasteiger partial charge in [-0.05, 0) is 37.8 Å². The molecule has 1 aromatic carbocycles. The van der Waals surface area contributed by atoms with E-state index in [9.17, 15) is 8.78 Å². The van der Waals surface area contributed by atoms with Gasteiger partial charge in [0.25, 0.3) is 0 Å². The third-order valence-electron chi connectivity index (χ3n) is 4.31. The molecule has 3 unspecified atom stereocenters. The summed E-state index contributed by atoms with van der Waals surface area (Å²) in [5.41, 5.74) is 0.838. The summed E-state index contributed by atoms with van der Waals surface area (Å²) in [6, 6.07) is 3.30. The lowest BCUT2D eigenvalue weighted by molar-refractivity contribution is 0.305. The highest BCUT2D eigenvalue weighted by Crippen LogP contribution is 2.40. The molecule has 1 aliphatic rings. The molecule has 1 N–H and O–H groups in total. The number of nitrogens with one attached hydrogen (secondary N) is 1. The molecule has 1 saturated carbocycles. The fourth-order valence-corrected chi connectivity index (χ4v) is 3.17. The van der Waals surface area contributed by atoms with Crippen molar-refractivity contribution in [3.8, 4) is 0 Å². The minimum Gasteiger partial charge on any atom is -0.313 e. The second-order valence-corrected chi connectivity index (χ2v) is 5.44. The Hall–Kier alpha value is -0.960. The average molecular weight is 253 g/mol. The maximum atomic E-state index is 14.1. The van der Waals surface area contributed by atoms with Crippen molar-refractivity contribution in [1.82, 2.24) is 5.32 Å². The van der Waals surface area contributed by atoms with Crippen LogP contribution < -0.4 is 5.32 Å². The fraction of sp³-hybridized carbons (Fsp3) is 0.600. The van der Waals surface area contributed by atoms with Gasteiger partial charge in [-0.3, -0.25) is 0 Å². The first kappa shape index (κ1) is 13.5. The molecule has 0 saturated heterocycles. The van der Waals surface area contributed by atoms with Crippen molar-refractivity contribution in [2.24, 2.45) is 11.8 Å². The number of benzene rings is 1. The predicted octanol–water partition coefficient (Wildman–Crippen LogP) is 3.97. The van der Waals surface area contributed by atoms with Crippen LogP contribution in [0.3, 0.4) is 0 Å². The molecule has 1 aromatic rings. The Kier molecular flexibility index (Phi) is 4.00. The maximum absolute atomic E-state index is 14.1. The third-order valence-corrected chi connectivity index (χ3v) is 4.31. The van der Waals surface area contributed by atoms with E-state index in [1.165, 1.54) is 12.8 Å². The number of hydrogen-bond donors (Lipinski definition) is 1. The van der Waals surface area contributed by atoms with Crippen molar-refractivity contribution in [3.63, 3.8) is 0 Å². The van der Waals surface area contributed by atoms with Crippen LogP contribution in [-0.4, -0.2) is 7.05 Å². The van der Waals surface area contributed by atoms with E-state index in [1.807, 2.05) is 7.05 Å². The lowest BCUT2D eigenvalue weighted by Crippen LogP contribution is -2.28. The van der Waals surface area contributed by atoms with Crippen molar-refractivity contribution in [2.75, 3.05) is 7.05 Å². The van der Waals surface area contributed by atoms with E-state index in [0.717, 1.165) is 6.42 Å². The van der Waals surface area contributed by atoms with Gasteiger partial charge in [-0.15, -0.1) is 0 Å². The molecule has 0 amide bonds. The molecule has 0 bridgehead atoms.